The van der Waals surface area contributed by atoms with E-state index in [2.05, 4.69) is 5.32 Å². The van der Waals surface area contributed by atoms with Gasteiger partial charge in [0, 0.05) is 31.1 Å². The molecule has 46 heavy (non-hydrogen) atoms. The first-order chi connectivity index (χ1) is 21.9. The van der Waals surface area contributed by atoms with E-state index < -0.39 is 50.9 Å². The van der Waals surface area contributed by atoms with Gasteiger partial charge in [0.05, 0.1) is 5.56 Å². The number of halogens is 3. The monoisotopic (exact) mass is 653 g/mol. The second-order valence-corrected chi connectivity index (χ2v) is 13.8. The fourth-order valence-electron chi connectivity index (χ4n) is 6.78. The molecule has 1 aliphatic carbocycles. The van der Waals surface area contributed by atoms with Gasteiger partial charge < -0.3 is 10.4 Å². The van der Waals surface area contributed by atoms with Gasteiger partial charge in [0.1, 0.15) is 11.7 Å². The van der Waals surface area contributed by atoms with Crippen LogP contribution in [0.3, 0.4) is 0 Å². The molecule has 2 heterocycles. The minimum absolute atomic E-state index is 0.00605. The van der Waals surface area contributed by atoms with Crippen molar-refractivity contribution in [2.24, 2.45) is 0 Å². The van der Waals surface area contributed by atoms with Gasteiger partial charge in [-0.3, -0.25) is 9.36 Å². The van der Waals surface area contributed by atoms with Crippen molar-refractivity contribution in [1.29, 1.82) is 0 Å². The predicted octanol–water partition coefficient (Wildman–Crippen LogP) is 6.67. The summed E-state index contributed by atoms with van der Waals surface area (Å²) in [4.78, 5) is 27.2. The van der Waals surface area contributed by atoms with Gasteiger partial charge in [0.25, 0.3) is 15.6 Å². The van der Waals surface area contributed by atoms with Gasteiger partial charge in [-0.15, -0.1) is 0 Å². The van der Waals surface area contributed by atoms with Crippen LogP contribution in [0.15, 0.2) is 76.6 Å². The molecule has 0 saturated heterocycles. The number of pyridine rings is 1. The minimum atomic E-state index is -4.74. The van der Waals surface area contributed by atoms with Gasteiger partial charge in [-0.05, 0) is 58.9 Å². The van der Waals surface area contributed by atoms with Gasteiger partial charge in [-0.1, -0.05) is 74.4 Å². The lowest BCUT2D eigenvalue weighted by molar-refractivity contribution is -0.141. The highest BCUT2D eigenvalue weighted by atomic mass is 32.2. The molecule has 1 atom stereocenters. The van der Waals surface area contributed by atoms with E-state index in [-0.39, 0.29) is 41.4 Å². The third-order valence-corrected chi connectivity index (χ3v) is 10.8. The molecule has 0 bridgehead atoms. The Kier molecular flexibility index (Phi) is 8.45. The van der Waals surface area contributed by atoms with Gasteiger partial charge >= 0.3 is 12.1 Å². The molecule has 242 valence electrons. The average molecular weight is 654 g/mol. The maximum absolute atomic E-state index is 14.5. The maximum atomic E-state index is 14.5. The smallest absolute Gasteiger partial charge is 0.416 e. The number of benzene rings is 3. The van der Waals surface area contributed by atoms with Crippen molar-refractivity contribution in [3.8, 4) is 11.1 Å². The molecular formula is C34H34F3N3O5S. The quantitative estimate of drug-likeness (QED) is 0.220. The lowest BCUT2D eigenvalue weighted by Crippen LogP contribution is -2.50. The van der Waals surface area contributed by atoms with Crippen LogP contribution in [-0.2, 0) is 27.4 Å². The van der Waals surface area contributed by atoms with Crippen molar-refractivity contribution in [3.63, 3.8) is 0 Å². The molecule has 1 aliphatic heterocycles. The molecule has 1 aromatic heterocycles. The summed E-state index contributed by atoms with van der Waals surface area (Å²) in [6.45, 7) is 1.23. The Balaban J connectivity index is 1.76. The number of aliphatic carboxylic acids is 1. The predicted molar refractivity (Wildman–Crippen MR) is 169 cm³/mol. The van der Waals surface area contributed by atoms with Gasteiger partial charge in [0.2, 0.25) is 0 Å². The minimum Gasteiger partial charge on any atom is -0.480 e. The number of hydrogen-bond acceptors (Lipinski definition) is 5. The Morgan fingerprint density at radius 2 is 1.72 bits per heavy atom. The summed E-state index contributed by atoms with van der Waals surface area (Å²) in [7, 11) is -4.54. The van der Waals surface area contributed by atoms with Crippen molar-refractivity contribution in [2.45, 2.75) is 68.7 Å². The van der Waals surface area contributed by atoms with Crippen LogP contribution in [0.2, 0.25) is 0 Å². The summed E-state index contributed by atoms with van der Waals surface area (Å²) in [5.74, 6) is -1.41. The lowest BCUT2D eigenvalue weighted by atomic mass is 9.91. The number of carboxylic acids is 1. The number of fused-ring (bicyclic) bond motifs is 2. The highest BCUT2D eigenvalue weighted by Crippen LogP contribution is 2.43. The molecule has 2 aliphatic rings. The van der Waals surface area contributed by atoms with Crippen molar-refractivity contribution < 1.29 is 31.5 Å². The topological polar surface area (TPSA) is 109 Å². The molecule has 0 amide bonds. The van der Waals surface area contributed by atoms with E-state index >= 15 is 0 Å². The molecule has 1 unspecified atom stereocenters. The number of sulfonamides is 1. The molecule has 0 spiro atoms. The van der Waals surface area contributed by atoms with Crippen LogP contribution in [0.25, 0.3) is 21.9 Å². The Labute approximate surface area is 264 Å². The first-order valence-corrected chi connectivity index (χ1v) is 16.8. The number of carbonyl (C=O) groups is 1. The molecule has 6 rings (SSSR count). The summed E-state index contributed by atoms with van der Waals surface area (Å²) in [5.41, 5.74) is -1.03. The summed E-state index contributed by atoms with van der Waals surface area (Å²) < 4.78 is 72.8. The van der Waals surface area contributed by atoms with E-state index in [1.54, 1.807) is 6.92 Å². The number of nitrogens with zero attached hydrogens (tertiary/aromatic N) is 2. The number of alkyl halides is 3. The molecule has 1 saturated carbocycles. The first kappa shape index (κ1) is 31.8. The van der Waals surface area contributed by atoms with E-state index in [0.717, 1.165) is 63.0 Å². The summed E-state index contributed by atoms with van der Waals surface area (Å²) in [6, 6.07) is 15.7. The van der Waals surface area contributed by atoms with Crippen molar-refractivity contribution in [3.05, 3.63) is 93.8 Å². The van der Waals surface area contributed by atoms with Crippen molar-refractivity contribution in [1.82, 2.24) is 8.87 Å². The summed E-state index contributed by atoms with van der Waals surface area (Å²) in [6.07, 6.45) is -1.09. The van der Waals surface area contributed by atoms with Crippen LogP contribution in [0, 0.1) is 0 Å². The average Bonchev–Trinajstić information content (AvgIpc) is 3.53. The van der Waals surface area contributed by atoms with E-state index in [4.69, 9.17) is 0 Å². The molecule has 0 radical (unpaired) electrons. The van der Waals surface area contributed by atoms with Crippen LogP contribution in [0.4, 0.5) is 18.9 Å². The zero-order valence-electron chi connectivity index (χ0n) is 25.2. The van der Waals surface area contributed by atoms with Crippen molar-refractivity contribution >= 4 is 32.5 Å². The Hall–Kier alpha value is -4.16. The number of nitrogens with one attached hydrogen (secondary N) is 1. The van der Waals surface area contributed by atoms with E-state index in [9.17, 15) is 36.3 Å². The third-order valence-electron chi connectivity index (χ3n) is 8.93. The Morgan fingerprint density at radius 3 is 2.41 bits per heavy atom. The highest BCUT2D eigenvalue weighted by Gasteiger charge is 2.44. The molecule has 4 aromatic rings. The molecule has 3 aromatic carbocycles. The van der Waals surface area contributed by atoms with Crippen LogP contribution < -0.4 is 10.9 Å². The normalized spacial score (nSPS) is 18.5. The number of rotatable bonds is 8. The van der Waals surface area contributed by atoms with E-state index in [0.29, 0.717) is 6.42 Å². The lowest BCUT2D eigenvalue weighted by Gasteiger charge is -2.36. The number of hydrogen-bond donors (Lipinski definition) is 2. The number of carboxylic acid groups (broad SMARTS) is 1. The SMILES string of the molecule is CCCN1CC(C(=O)O)n2c(c(-c3cccc(C(F)(F)F)c3)c(Cc3cccc4ccccc34)c(NC3CCCC3)c2=O)S1(=O)=O. The number of anilines is 1. The van der Waals surface area contributed by atoms with Crippen molar-refractivity contribution in [2.75, 3.05) is 18.4 Å². The second-order valence-electron chi connectivity index (χ2n) is 11.9. The van der Waals surface area contributed by atoms with Crippen LogP contribution in [0.5, 0.6) is 0 Å². The fraction of sp³-hybridized carbons (Fsp3) is 0.353. The zero-order valence-corrected chi connectivity index (χ0v) is 26.0. The fourth-order valence-corrected chi connectivity index (χ4v) is 8.75. The van der Waals surface area contributed by atoms with Crippen LogP contribution in [-0.4, -0.2) is 47.5 Å². The Morgan fingerprint density at radius 1 is 1.02 bits per heavy atom. The summed E-state index contributed by atoms with van der Waals surface area (Å²) in [5, 5.41) is 14.8. The molecule has 12 heteroatoms. The standard InChI is InChI=1S/C34H34F3N3O5S/c1-2-17-39-20-28(33(42)43)40-31(41)30(38-25-14-4-5-15-25)27(19-22-11-7-10-21-9-3-6-16-26(21)22)29(32(40)46(39,44)45)23-12-8-13-24(18-23)34(35,36)37/h3,6-13,16,18,25,28,38H,2,4-5,14-15,17,19-20H2,1H3,(H,42,43). The molecule has 2 N–H and O–H groups in total. The second kappa shape index (κ2) is 12.2. The van der Waals surface area contributed by atoms with Crippen LogP contribution in [0.1, 0.15) is 61.8 Å². The first-order valence-electron chi connectivity index (χ1n) is 15.4. The van der Waals surface area contributed by atoms with Gasteiger partial charge in [-0.2, -0.15) is 17.5 Å². The highest BCUT2D eigenvalue weighted by molar-refractivity contribution is 7.89. The maximum Gasteiger partial charge on any atom is 0.416 e. The zero-order chi connectivity index (χ0) is 32.8. The number of aromatic nitrogens is 1. The van der Waals surface area contributed by atoms with E-state index in [1.807, 2.05) is 42.5 Å². The molecule has 8 nitrogen and oxygen atoms in total. The van der Waals surface area contributed by atoms with Crippen LogP contribution >= 0.6 is 0 Å². The molecule has 1 fully saturated rings. The Bertz CT molecular complexity index is 1980. The summed E-state index contributed by atoms with van der Waals surface area (Å²) >= 11 is 0. The molecular weight excluding hydrogens is 619 g/mol. The van der Waals surface area contributed by atoms with Gasteiger partial charge in [-0.25, -0.2) is 13.2 Å². The largest absolute Gasteiger partial charge is 0.480 e. The third kappa shape index (κ3) is 5.68. The van der Waals surface area contributed by atoms with E-state index in [1.165, 1.54) is 12.1 Å². The van der Waals surface area contributed by atoms with Gasteiger partial charge in [0.15, 0.2) is 5.03 Å².